The second kappa shape index (κ2) is 5.93. The number of nitrogens with zero attached hydrogens (tertiary/aromatic N) is 1. The summed E-state index contributed by atoms with van der Waals surface area (Å²) in [6, 6.07) is -0.676. The molecule has 5 nitrogen and oxygen atoms in total. The summed E-state index contributed by atoms with van der Waals surface area (Å²) in [7, 11) is 2.95. The number of rotatable bonds is 4. The molecule has 22 heavy (non-hydrogen) atoms. The Kier molecular flexibility index (Phi) is 4.37. The molecule has 0 bridgehead atoms. The Hall–Kier alpha value is -2.14. The maximum absolute atomic E-state index is 12.6. The van der Waals surface area contributed by atoms with Gasteiger partial charge in [-0.2, -0.15) is 0 Å². The van der Waals surface area contributed by atoms with Crippen molar-refractivity contribution in [2.24, 2.45) is 5.41 Å². The van der Waals surface area contributed by atoms with E-state index in [1.807, 2.05) is 45.1 Å². The molecule has 0 aromatic carbocycles. The Morgan fingerprint density at radius 3 is 2.50 bits per heavy atom. The lowest BCUT2D eigenvalue weighted by molar-refractivity contribution is -0.174. The van der Waals surface area contributed by atoms with Gasteiger partial charge in [0.15, 0.2) is 0 Å². The molecule has 5 heteroatoms. The first-order chi connectivity index (χ1) is 10.3. The number of allylic oxidation sites excluding steroid dienone is 6. The zero-order valence-electron chi connectivity index (χ0n) is 13.6. The van der Waals surface area contributed by atoms with Crippen LogP contribution in [0.15, 0.2) is 47.1 Å². The van der Waals surface area contributed by atoms with Crippen LogP contribution < -0.4 is 5.32 Å². The number of carbonyl (C=O) groups excluding carboxylic acids is 2. The second-order valence-electron chi connectivity index (χ2n) is 6.43. The Labute approximate surface area is 131 Å². The number of hydrogen-bond donors (Lipinski definition) is 1. The minimum Gasteiger partial charge on any atom is -0.340 e. The van der Waals surface area contributed by atoms with Crippen LogP contribution in [0.1, 0.15) is 20.8 Å². The van der Waals surface area contributed by atoms with Crippen LogP contribution in [0.2, 0.25) is 0 Å². The van der Waals surface area contributed by atoms with E-state index in [9.17, 15) is 9.59 Å². The largest absolute Gasteiger partial charge is 0.340 e. The summed E-state index contributed by atoms with van der Waals surface area (Å²) in [4.78, 5) is 29.9. The highest BCUT2D eigenvalue weighted by molar-refractivity contribution is 6.02. The van der Waals surface area contributed by atoms with Crippen molar-refractivity contribution in [1.82, 2.24) is 10.4 Å². The standard InChI is InChI=1S/C17H22N2O3/c1-17(2,3)14(16(21)19(4)22-5)18-15(20)13-10-9-11-7-6-8-12(11)13/h6-10,14H,1-5H3,(H,18,20)/t14-/m1/s1. The van der Waals surface area contributed by atoms with E-state index in [4.69, 9.17) is 4.84 Å². The van der Waals surface area contributed by atoms with Crippen LogP contribution in [0.5, 0.6) is 0 Å². The average Bonchev–Trinajstić information content (AvgIpc) is 3.04. The summed E-state index contributed by atoms with van der Waals surface area (Å²) in [5, 5.41) is 3.98. The molecule has 1 N–H and O–H groups in total. The van der Waals surface area contributed by atoms with Gasteiger partial charge in [-0.15, -0.1) is 0 Å². The predicted octanol–water partition coefficient (Wildman–Crippen LogP) is 1.90. The number of nitrogens with one attached hydrogen (secondary N) is 1. The molecule has 0 heterocycles. The first-order valence-corrected chi connectivity index (χ1v) is 7.19. The molecule has 2 aliphatic carbocycles. The fourth-order valence-corrected chi connectivity index (χ4v) is 2.41. The van der Waals surface area contributed by atoms with Gasteiger partial charge in [0.2, 0.25) is 0 Å². The number of hydrogen-bond acceptors (Lipinski definition) is 3. The van der Waals surface area contributed by atoms with Gasteiger partial charge >= 0.3 is 0 Å². The van der Waals surface area contributed by atoms with Gasteiger partial charge in [0.1, 0.15) is 6.04 Å². The Bertz CT molecular complexity index is 618. The molecular weight excluding hydrogens is 280 g/mol. The zero-order chi connectivity index (χ0) is 16.5. The molecule has 0 fully saturated rings. The third-order valence-corrected chi connectivity index (χ3v) is 3.79. The van der Waals surface area contributed by atoms with Crippen LogP contribution in [-0.4, -0.2) is 37.1 Å². The van der Waals surface area contributed by atoms with E-state index in [1.54, 1.807) is 6.08 Å². The lowest BCUT2D eigenvalue weighted by atomic mass is 9.85. The quantitative estimate of drug-likeness (QED) is 0.807. The highest BCUT2D eigenvalue weighted by atomic mass is 16.7. The molecule has 2 rings (SSSR count). The van der Waals surface area contributed by atoms with Gasteiger partial charge in [-0.3, -0.25) is 14.4 Å². The van der Waals surface area contributed by atoms with Gasteiger partial charge in [-0.1, -0.05) is 45.1 Å². The van der Waals surface area contributed by atoms with E-state index in [2.05, 4.69) is 5.32 Å². The fraction of sp³-hybridized carbons (Fsp3) is 0.412. The van der Waals surface area contributed by atoms with E-state index in [-0.39, 0.29) is 11.8 Å². The third kappa shape index (κ3) is 3.04. The van der Waals surface area contributed by atoms with E-state index < -0.39 is 11.5 Å². The van der Waals surface area contributed by atoms with Crippen LogP contribution in [0.25, 0.3) is 0 Å². The van der Waals surface area contributed by atoms with Gasteiger partial charge in [0.25, 0.3) is 11.8 Å². The summed E-state index contributed by atoms with van der Waals surface area (Å²) in [6.07, 6.45) is 9.45. The summed E-state index contributed by atoms with van der Waals surface area (Å²) in [5.74, 6) is -0.535. The minimum absolute atomic E-state index is 0.251. The molecule has 0 aromatic heterocycles. The van der Waals surface area contributed by atoms with Crippen molar-refractivity contribution < 1.29 is 14.4 Å². The van der Waals surface area contributed by atoms with Crippen molar-refractivity contribution in [2.75, 3.05) is 14.2 Å². The van der Waals surface area contributed by atoms with Crippen LogP contribution in [0, 0.1) is 5.41 Å². The number of fused-ring (bicyclic) bond motifs is 1. The van der Waals surface area contributed by atoms with E-state index >= 15 is 0 Å². The molecule has 0 saturated carbocycles. The van der Waals surface area contributed by atoms with E-state index in [1.165, 1.54) is 14.2 Å². The van der Waals surface area contributed by atoms with Gasteiger partial charge in [0, 0.05) is 12.6 Å². The number of likely N-dealkylation sites (N-methyl/N-ethyl adjacent to an activating group) is 1. The third-order valence-electron chi connectivity index (χ3n) is 3.79. The molecule has 0 unspecified atom stereocenters. The van der Waals surface area contributed by atoms with E-state index in [0.717, 1.165) is 16.2 Å². The molecule has 2 amide bonds. The Morgan fingerprint density at radius 1 is 1.23 bits per heavy atom. The summed E-state index contributed by atoms with van der Waals surface area (Å²) >= 11 is 0. The molecule has 118 valence electrons. The molecule has 0 aliphatic heterocycles. The van der Waals surface area contributed by atoms with Crippen molar-refractivity contribution in [3.8, 4) is 0 Å². The maximum Gasteiger partial charge on any atom is 0.268 e. The van der Waals surface area contributed by atoms with Crippen LogP contribution in [0.4, 0.5) is 0 Å². The van der Waals surface area contributed by atoms with Crippen molar-refractivity contribution >= 4 is 11.8 Å². The number of hydroxylamine groups is 2. The Morgan fingerprint density at radius 2 is 1.91 bits per heavy atom. The lowest BCUT2D eigenvalue weighted by Crippen LogP contribution is -2.53. The highest BCUT2D eigenvalue weighted by Crippen LogP contribution is 2.30. The first-order valence-electron chi connectivity index (χ1n) is 7.19. The van der Waals surface area contributed by atoms with Gasteiger partial charge in [0.05, 0.1) is 7.11 Å². The zero-order valence-corrected chi connectivity index (χ0v) is 13.6. The summed E-state index contributed by atoms with van der Waals surface area (Å²) < 4.78 is 0. The van der Waals surface area contributed by atoms with Crippen molar-refractivity contribution in [3.05, 3.63) is 47.1 Å². The predicted molar refractivity (Wildman–Crippen MR) is 84.6 cm³/mol. The van der Waals surface area contributed by atoms with Gasteiger partial charge in [-0.25, -0.2) is 5.06 Å². The van der Waals surface area contributed by atoms with E-state index in [0.29, 0.717) is 5.57 Å². The summed E-state index contributed by atoms with van der Waals surface area (Å²) in [6.45, 7) is 5.72. The second-order valence-corrected chi connectivity index (χ2v) is 6.43. The number of amides is 2. The SMILES string of the molecule is CON(C)C(=O)[C@@H](NC(=O)C1=C2C=CC=C2C=C1)C(C)(C)C. The topological polar surface area (TPSA) is 58.6 Å². The van der Waals surface area contributed by atoms with Crippen LogP contribution in [0.3, 0.4) is 0 Å². The van der Waals surface area contributed by atoms with Gasteiger partial charge < -0.3 is 5.32 Å². The highest BCUT2D eigenvalue weighted by Gasteiger charge is 2.36. The minimum atomic E-state index is -0.676. The first kappa shape index (κ1) is 16.2. The molecule has 0 spiro atoms. The smallest absolute Gasteiger partial charge is 0.268 e. The average molecular weight is 302 g/mol. The fourth-order valence-electron chi connectivity index (χ4n) is 2.41. The Balaban J connectivity index is 2.22. The molecule has 2 aliphatic rings. The lowest BCUT2D eigenvalue weighted by Gasteiger charge is -2.32. The molecule has 0 saturated heterocycles. The van der Waals surface area contributed by atoms with Crippen LogP contribution in [-0.2, 0) is 14.4 Å². The normalized spacial score (nSPS) is 17.4. The van der Waals surface area contributed by atoms with Crippen molar-refractivity contribution in [3.63, 3.8) is 0 Å². The monoisotopic (exact) mass is 302 g/mol. The molecule has 0 aromatic rings. The van der Waals surface area contributed by atoms with Crippen molar-refractivity contribution in [1.29, 1.82) is 0 Å². The van der Waals surface area contributed by atoms with Crippen molar-refractivity contribution in [2.45, 2.75) is 26.8 Å². The summed E-state index contributed by atoms with van der Waals surface area (Å²) in [5.41, 5.74) is 2.08. The molecule has 1 atom stereocenters. The molecule has 0 radical (unpaired) electrons. The maximum atomic E-state index is 12.6. The van der Waals surface area contributed by atoms with Crippen LogP contribution >= 0.6 is 0 Å². The van der Waals surface area contributed by atoms with Gasteiger partial charge in [-0.05, 0) is 22.6 Å². The number of carbonyl (C=O) groups is 2. The molecular formula is C17H22N2O3.